The van der Waals surface area contributed by atoms with Gasteiger partial charge in [0.05, 0.1) is 0 Å². The Labute approximate surface area is 92.1 Å². The van der Waals surface area contributed by atoms with Gasteiger partial charge < -0.3 is 5.43 Å². The lowest BCUT2D eigenvalue weighted by Gasteiger charge is -2.20. The van der Waals surface area contributed by atoms with Crippen molar-refractivity contribution in [3.63, 3.8) is 0 Å². The third-order valence-corrected chi connectivity index (χ3v) is 2.49. The number of hydrogen-bond acceptors (Lipinski definition) is 3. The fourth-order valence-electron chi connectivity index (χ4n) is 1.51. The van der Waals surface area contributed by atoms with Crippen molar-refractivity contribution in [1.29, 1.82) is 0 Å². The summed E-state index contributed by atoms with van der Waals surface area (Å²) in [6.07, 6.45) is 4.01. The van der Waals surface area contributed by atoms with Crippen LogP contribution in [0.4, 0.5) is 5.82 Å². The van der Waals surface area contributed by atoms with Crippen LogP contribution in [0.2, 0.25) is 0 Å². The number of hydrazine groups is 1. The molecule has 3 nitrogen and oxygen atoms in total. The zero-order valence-corrected chi connectivity index (χ0v) is 10.1. The SMILES string of the molecule is CCCc1cc(C(C)(C)C)cnc1NN. The zero-order chi connectivity index (χ0) is 11.5. The molecule has 0 saturated carbocycles. The molecule has 1 aromatic heterocycles. The Morgan fingerprint density at radius 2 is 2.07 bits per heavy atom. The molecule has 0 amide bonds. The number of aryl methyl sites for hydroxylation is 1. The summed E-state index contributed by atoms with van der Waals surface area (Å²) in [5.74, 6) is 6.22. The molecular formula is C12H21N3. The van der Waals surface area contributed by atoms with E-state index < -0.39 is 0 Å². The zero-order valence-electron chi connectivity index (χ0n) is 10.1. The molecule has 3 heteroatoms. The monoisotopic (exact) mass is 207 g/mol. The van der Waals surface area contributed by atoms with Crippen LogP contribution in [-0.2, 0) is 11.8 Å². The summed E-state index contributed by atoms with van der Waals surface area (Å²) < 4.78 is 0. The fraction of sp³-hybridized carbons (Fsp3) is 0.583. The lowest BCUT2D eigenvalue weighted by molar-refractivity contribution is 0.586. The van der Waals surface area contributed by atoms with Gasteiger partial charge in [-0.25, -0.2) is 10.8 Å². The van der Waals surface area contributed by atoms with Gasteiger partial charge in [-0.3, -0.25) is 0 Å². The summed E-state index contributed by atoms with van der Waals surface area (Å²) in [5, 5.41) is 0. The van der Waals surface area contributed by atoms with Gasteiger partial charge in [-0.15, -0.1) is 0 Å². The molecule has 3 N–H and O–H groups in total. The largest absolute Gasteiger partial charge is 0.308 e. The van der Waals surface area contributed by atoms with Crippen LogP contribution < -0.4 is 11.3 Å². The maximum absolute atomic E-state index is 5.43. The summed E-state index contributed by atoms with van der Waals surface area (Å²) >= 11 is 0. The maximum Gasteiger partial charge on any atom is 0.143 e. The van der Waals surface area contributed by atoms with Gasteiger partial charge in [-0.2, -0.15) is 0 Å². The molecule has 0 radical (unpaired) electrons. The lowest BCUT2D eigenvalue weighted by atomic mass is 9.87. The summed E-state index contributed by atoms with van der Waals surface area (Å²) in [4.78, 5) is 4.35. The first-order chi connectivity index (χ1) is 6.99. The van der Waals surface area contributed by atoms with E-state index in [4.69, 9.17) is 5.84 Å². The lowest BCUT2D eigenvalue weighted by Crippen LogP contribution is -2.15. The summed E-state index contributed by atoms with van der Waals surface area (Å²) in [6.45, 7) is 8.73. The van der Waals surface area contributed by atoms with E-state index in [0.29, 0.717) is 0 Å². The van der Waals surface area contributed by atoms with Gasteiger partial charge >= 0.3 is 0 Å². The van der Waals surface area contributed by atoms with E-state index in [-0.39, 0.29) is 5.41 Å². The number of pyridine rings is 1. The van der Waals surface area contributed by atoms with Crippen LogP contribution in [0.1, 0.15) is 45.2 Å². The number of nitrogens with zero attached hydrogens (tertiary/aromatic N) is 1. The molecule has 84 valence electrons. The molecule has 0 fully saturated rings. The standard InChI is InChI=1S/C12H21N3/c1-5-6-9-7-10(12(2,3)4)8-14-11(9)15-13/h7-8H,5-6,13H2,1-4H3,(H,14,15). The first-order valence-electron chi connectivity index (χ1n) is 5.45. The van der Waals surface area contributed by atoms with Crippen molar-refractivity contribution in [2.24, 2.45) is 5.84 Å². The Morgan fingerprint density at radius 3 is 2.53 bits per heavy atom. The fourth-order valence-corrected chi connectivity index (χ4v) is 1.51. The first-order valence-corrected chi connectivity index (χ1v) is 5.45. The van der Waals surface area contributed by atoms with Gasteiger partial charge in [0, 0.05) is 6.20 Å². The van der Waals surface area contributed by atoms with Crippen LogP contribution in [0, 0.1) is 0 Å². The Bertz CT molecular complexity index is 326. The number of nitrogens with two attached hydrogens (primary N) is 1. The average molecular weight is 207 g/mol. The molecular weight excluding hydrogens is 186 g/mol. The third kappa shape index (κ3) is 2.93. The Hall–Kier alpha value is -1.09. The molecule has 0 spiro atoms. The Kier molecular flexibility index (Phi) is 3.69. The molecule has 0 unspecified atom stereocenters. The van der Waals surface area contributed by atoms with Gasteiger partial charge in [-0.1, -0.05) is 40.2 Å². The number of nitrogen functional groups attached to an aromatic ring is 1. The van der Waals surface area contributed by atoms with Crippen LogP contribution in [0.3, 0.4) is 0 Å². The second-order valence-electron chi connectivity index (χ2n) is 4.88. The van der Waals surface area contributed by atoms with Crippen molar-refractivity contribution >= 4 is 5.82 Å². The highest BCUT2D eigenvalue weighted by Gasteiger charge is 2.15. The molecule has 15 heavy (non-hydrogen) atoms. The number of aromatic nitrogens is 1. The minimum atomic E-state index is 0.141. The highest BCUT2D eigenvalue weighted by molar-refractivity contribution is 5.45. The smallest absolute Gasteiger partial charge is 0.143 e. The molecule has 0 aromatic carbocycles. The summed E-state index contributed by atoms with van der Waals surface area (Å²) in [7, 11) is 0. The maximum atomic E-state index is 5.43. The topological polar surface area (TPSA) is 50.9 Å². The highest BCUT2D eigenvalue weighted by Crippen LogP contribution is 2.25. The van der Waals surface area contributed by atoms with Gasteiger partial charge in [0.1, 0.15) is 5.82 Å². The van der Waals surface area contributed by atoms with Crippen LogP contribution >= 0.6 is 0 Å². The number of hydrogen-bond donors (Lipinski definition) is 2. The van der Waals surface area contributed by atoms with Crippen molar-refractivity contribution < 1.29 is 0 Å². The highest BCUT2D eigenvalue weighted by atomic mass is 15.2. The van der Waals surface area contributed by atoms with Crippen LogP contribution in [0.5, 0.6) is 0 Å². The van der Waals surface area contributed by atoms with E-state index in [0.717, 1.165) is 18.7 Å². The van der Waals surface area contributed by atoms with E-state index in [9.17, 15) is 0 Å². The van der Waals surface area contributed by atoms with Crippen LogP contribution in [-0.4, -0.2) is 4.98 Å². The minimum Gasteiger partial charge on any atom is -0.308 e. The van der Waals surface area contributed by atoms with Crippen LogP contribution in [0.15, 0.2) is 12.3 Å². The average Bonchev–Trinajstić information content (AvgIpc) is 2.17. The van der Waals surface area contributed by atoms with E-state index in [2.05, 4.69) is 44.2 Å². The van der Waals surface area contributed by atoms with E-state index in [1.807, 2.05) is 6.20 Å². The van der Waals surface area contributed by atoms with Crippen molar-refractivity contribution in [2.45, 2.75) is 46.0 Å². The predicted octanol–water partition coefficient (Wildman–Crippen LogP) is 2.62. The first kappa shape index (κ1) is 12.0. The van der Waals surface area contributed by atoms with Gasteiger partial charge in [0.2, 0.25) is 0 Å². The van der Waals surface area contributed by atoms with E-state index >= 15 is 0 Å². The summed E-state index contributed by atoms with van der Waals surface area (Å²) in [6, 6.07) is 2.20. The van der Waals surface area contributed by atoms with Gasteiger partial charge in [0.25, 0.3) is 0 Å². The second kappa shape index (κ2) is 4.62. The Balaban J connectivity index is 3.10. The Morgan fingerprint density at radius 1 is 1.40 bits per heavy atom. The van der Waals surface area contributed by atoms with Gasteiger partial charge in [-0.05, 0) is 23.0 Å². The molecule has 1 heterocycles. The molecule has 0 aliphatic carbocycles. The predicted molar refractivity (Wildman–Crippen MR) is 64.7 cm³/mol. The normalized spacial score (nSPS) is 11.5. The molecule has 0 aliphatic heterocycles. The molecule has 0 aliphatic rings. The van der Waals surface area contributed by atoms with Crippen molar-refractivity contribution in [3.8, 4) is 0 Å². The number of anilines is 1. The van der Waals surface area contributed by atoms with Gasteiger partial charge in [0.15, 0.2) is 0 Å². The molecule has 0 atom stereocenters. The minimum absolute atomic E-state index is 0.141. The van der Waals surface area contributed by atoms with Crippen molar-refractivity contribution in [3.05, 3.63) is 23.4 Å². The van der Waals surface area contributed by atoms with Crippen molar-refractivity contribution in [2.75, 3.05) is 5.43 Å². The number of nitrogens with one attached hydrogen (secondary N) is 1. The third-order valence-electron chi connectivity index (χ3n) is 2.49. The number of rotatable bonds is 3. The molecule has 0 saturated heterocycles. The van der Waals surface area contributed by atoms with Crippen molar-refractivity contribution in [1.82, 2.24) is 4.98 Å². The quantitative estimate of drug-likeness (QED) is 0.591. The summed E-state index contributed by atoms with van der Waals surface area (Å²) in [5.41, 5.74) is 5.25. The molecule has 1 rings (SSSR count). The molecule has 1 aromatic rings. The van der Waals surface area contributed by atoms with E-state index in [1.54, 1.807) is 0 Å². The second-order valence-corrected chi connectivity index (χ2v) is 4.88. The molecule has 0 bridgehead atoms. The van der Waals surface area contributed by atoms with Crippen LogP contribution in [0.25, 0.3) is 0 Å². The van der Waals surface area contributed by atoms with E-state index in [1.165, 1.54) is 11.1 Å².